The zero-order chi connectivity index (χ0) is 21.9. The second-order valence-corrected chi connectivity index (χ2v) is 9.13. The van der Waals surface area contributed by atoms with Crippen LogP contribution in [0.15, 0.2) is 70.0 Å². The summed E-state index contributed by atoms with van der Waals surface area (Å²) >= 11 is 9.26. The van der Waals surface area contributed by atoms with Gasteiger partial charge in [0.2, 0.25) is 0 Å². The van der Waals surface area contributed by atoms with Crippen molar-refractivity contribution < 1.29 is 22.3 Å². The number of ketones is 1. The van der Waals surface area contributed by atoms with Gasteiger partial charge in [-0.2, -0.15) is 0 Å². The molecular weight excluding hydrogens is 497 g/mol. The Morgan fingerprint density at radius 3 is 2.53 bits per heavy atom. The van der Waals surface area contributed by atoms with Gasteiger partial charge in [-0.05, 0) is 55.5 Å². The van der Waals surface area contributed by atoms with Gasteiger partial charge in [0, 0.05) is 15.1 Å². The lowest BCUT2D eigenvalue weighted by molar-refractivity contribution is 0.103. The van der Waals surface area contributed by atoms with E-state index in [0.29, 0.717) is 4.47 Å². The van der Waals surface area contributed by atoms with Crippen molar-refractivity contribution in [1.82, 2.24) is 0 Å². The molecule has 5 nitrogen and oxygen atoms in total. The topological polar surface area (TPSA) is 72.5 Å². The van der Waals surface area contributed by atoms with Gasteiger partial charge in [0.15, 0.2) is 5.78 Å². The third-order valence-corrected chi connectivity index (χ3v) is 6.20. The highest BCUT2D eigenvalue weighted by atomic mass is 79.9. The van der Waals surface area contributed by atoms with Crippen molar-refractivity contribution in [3.05, 3.63) is 87.1 Å². The summed E-state index contributed by atoms with van der Waals surface area (Å²) in [4.78, 5) is 12.8. The molecule has 0 amide bonds. The van der Waals surface area contributed by atoms with E-state index in [1.54, 1.807) is 13.0 Å². The Morgan fingerprint density at radius 2 is 1.83 bits per heavy atom. The molecule has 3 rings (SSSR count). The summed E-state index contributed by atoms with van der Waals surface area (Å²) in [6, 6.07) is 14.1. The van der Waals surface area contributed by atoms with Crippen molar-refractivity contribution in [2.75, 3.05) is 11.3 Å². The average Bonchev–Trinajstić information content (AvgIpc) is 2.70. The van der Waals surface area contributed by atoms with Gasteiger partial charge in [-0.15, -0.1) is 0 Å². The Hall–Kier alpha value is -2.42. The van der Waals surface area contributed by atoms with Crippen molar-refractivity contribution in [2.45, 2.75) is 11.8 Å². The van der Waals surface area contributed by atoms with Gasteiger partial charge in [0.25, 0.3) is 10.0 Å². The number of hydrogen-bond acceptors (Lipinski definition) is 4. The maximum absolute atomic E-state index is 14.1. The Morgan fingerprint density at radius 1 is 1.10 bits per heavy atom. The summed E-state index contributed by atoms with van der Waals surface area (Å²) in [5.74, 6) is -1.27. The summed E-state index contributed by atoms with van der Waals surface area (Å²) in [6.45, 7) is 2.00. The predicted octanol–water partition coefficient (Wildman–Crippen LogP) is 5.67. The molecule has 0 saturated heterocycles. The van der Waals surface area contributed by atoms with Gasteiger partial charge in [0.1, 0.15) is 16.5 Å². The molecular formula is C21H16BrClFNO4S. The fourth-order valence-corrected chi connectivity index (χ4v) is 4.69. The third-order valence-electron chi connectivity index (χ3n) is 4.08. The van der Waals surface area contributed by atoms with Gasteiger partial charge in [-0.3, -0.25) is 9.52 Å². The molecule has 0 radical (unpaired) electrons. The minimum atomic E-state index is -4.14. The number of anilines is 1. The first-order valence-corrected chi connectivity index (χ1v) is 11.4. The quantitative estimate of drug-likeness (QED) is 0.414. The fraction of sp³-hybridized carbons (Fsp3) is 0.0952. The molecule has 0 atom stereocenters. The second-order valence-electron chi connectivity index (χ2n) is 6.13. The minimum Gasteiger partial charge on any atom is -0.492 e. The molecule has 0 aliphatic carbocycles. The molecule has 3 aromatic carbocycles. The van der Waals surface area contributed by atoms with Crippen molar-refractivity contribution in [1.29, 1.82) is 0 Å². The number of ether oxygens (including phenoxy) is 1. The number of nitrogens with one attached hydrogen (secondary N) is 1. The van der Waals surface area contributed by atoms with E-state index >= 15 is 0 Å². The molecule has 156 valence electrons. The normalized spacial score (nSPS) is 11.2. The van der Waals surface area contributed by atoms with Crippen LogP contribution in [0.25, 0.3) is 0 Å². The Balaban J connectivity index is 2.07. The Labute approximate surface area is 187 Å². The van der Waals surface area contributed by atoms with Crippen LogP contribution in [0.1, 0.15) is 22.8 Å². The molecule has 0 aliphatic heterocycles. The smallest absolute Gasteiger partial charge is 0.265 e. The van der Waals surface area contributed by atoms with Gasteiger partial charge >= 0.3 is 0 Å². The fourth-order valence-electron chi connectivity index (χ4n) is 2.75. The lowest BCUT2D eigenvalue weighted by Crippen LogP contribution is -2.17. The first-order chi connectivity index (χ1) is 14.2. The van der Waals surface area contributed by atoms with E-state index in [2.05, 4.69) is 20.7 Å². The van der Waals surface area contributed by atoms with Crippen LogP contribution in [0.3, 0.4) is 0 Å². The SMILES string of the molecule is CCOc1ccc(Br)cc1S(=O)(=O)Nc1ccc(Cl)cc1C(=O)c1ccccc1F. The lowest BCUT2D eigenvalue weighted by atomic mass is 10.0. The summed E-state index contributed by atoms with van der Waals surface area (Å²) in [7, 11) is -4.14. The van der Waals surface area contributed by atoms with Crippen LogP contribution in [0, 0.1) is 5.82 Å². The maximum Gasteiger partial charge on any atom is 0.265 e. The Bertz CT molecular complexity index is 1220. The van der Waals surface area contributed by atoms with E-state index in [4.69, 9.17) is 16.3 Å². The molecule has 0 heterocycles. The number of halogens is 3. The maximum atomic E-state index is 14.1. The first-order valence-electron chi connectivity index (χ1n) is 8.77. The molecule has 0 unspecified atom stereocenters. The Kier molecular flexibility index (Phi) is 6.80. The number of hydrogen-bond donors (Lipinski definition) is 1. The average molecular weight is 513 g/mol. The van der Waals surface area contributed by atoms with Crippen LogP contribution in [0.4, 0.5) is 10.1 Å². The van der Waals surface area contributed by atoms with Crippen LogP contribution in [0.2, 0.25) is 5.02 Å². The molecule has 9 heteroatoms. The van der Waals surface area contributed by atoms with E-state index < -0.39 is 21.6 Å². The standard InChI is InChI=1S/C21H16BrClFNO4S/c1-2-29-19-10-7-13(22)11-20(19)30(27,28)25-18-9-8-14(23)12-16(18)21(26)15-5-3-4-6-17(15)24/h3-12,25H,2H2,1H3. The highest BCUT2D eigenvalue weighted by Crippen LogP contribution is 2.31. The zero-order valence-corrected chi connectivity index (χ0v) is 18.8. The van der Waals surface area contributed by atoms with Crippen molar-refractivity contribution >= 4 is 49.0 Å². The molecule has 1 N–H and O–H groups in total. The number of carbonyl (C=O) groups excluding carboxylic acids is 1. The summed E-state index contributed by atoms with van der Waals surface area (Å²) in [6.07, 6.45) is 0. The van der Waals surface area contributed by atoms with Gasteiger partial charge in [0.05, 0.1) is 17.9 Å². The highest BCUT2D eigenvalue weighted by Gasteiger charge is 2.24. The predicted molar refractivity (Wildman–Crippen MR) is 117 cm³/mol. The number of sulfonamides is 1. The van der Waals surface area contributed by atoms with Gasteiger partial charge in [-0.25, -0.2) is 12.8 Å². The summed E-state index contributed by atoms with van der Waals surface area (Å²) in [5.41, 5.74) is -0.308. The van der Waals surface area contributed by atoms with E-state index in [0.717, 1.165) is 6.07 Å². The molecule has 0 spiro atoms. The van der Waals surface area contributed by atoms with E-state index in [1.165, 1.54) is 48.5 Å². The largest absolute Gasteiger partial charge is 0.492 e. The third kappa shape index (κ3) is 4.83. The van der Waals surface area contributed by atoms with Crippen molar-refractivity contribution in [3.8, 4) is 5.75 Å². The molecule has 0 saturated carbocycles. The van der Waals surface area contributed by atoms with Gasteiger partial charge < -0.3 is 4.74 Å². The van der Waals surface area contributed by atoms with Crippen LogP contribution >= 0.6 is 27.5 Å². The van der Waals surface area contributed by atoms with Crippen LogP contribution in [0.5, 0.6) is 5.75 Å². The number of rotatable bonds is 7. The zero-order valence-electron chi connectivity index (χ0n) is 15.7. The molecule has 30 heavy (non-hydrogen) atoms. The molecule has 0 aromatic heterocycles. The lowest BCUT2D eigenvalue weighted by Gasteiger charge is -2.15. The van der Waals surface area contributed by atoms with Crippen LogP contribution < -0.4 is 9.46 Å². The molecule has 0 bridgehead atoms. The van der Waals surface area contributed by atoms with E-state index in [-0.39, 0.29) is 39.1 Å². The van der Waals surface area contributed by atoms with Crippen LogP contribution in [-0.4, -0.2) is 20.8 Å². The minimum absolute atomic E-state index is 0.0323. The molecule has 0 aliphatic rings. The number of benzene rings is 3. The first kappa shape index (κ1) is 22.3. The number of carbonyl (C=O) groups is 1. The molecule has 3 aromatic rings. The van der Waals surface area contributed by atoms with Crippen molar-refractivity contribution in [2.24, 2.45) is 0 Å². The van der Waals surface area contributed by atoms with Crippen molar-refractivity contribution in [3.63, 3.8) is 0 Å². The monoisotopic (exact) mass is 511 g/mol. The van der Waals surface area contributed by atoms with Gasteiger partial charge in [-0.1, -0.05) is 39.7 Å². The molecule has 0 fully saturated rings. The van der Waals surface area contributed by atoms with E-state index in [9.17, 15) is 17.6 Å². The van der Waals surface area contributed by atoms with E-state index in [1.807, 2.05) is 0 Å². The summed E-state index contributed by atoms with van der Waals surface area (Å²) < 4.78 is 48.6. The second kappa shape index (κ2) is 9.16. The highest BCUT2D eigenvalue weighted by molar-refractivity contribution is 9.10. The summed E-state index contributed by atoms with van der Waals surface area (Å²) in [5, 5.41) is 0.204. The van der Waals surface area contributed by atoms with Crippen LogP contribution in [-0.2, 0) is 10.0 Å².